The van der Waals surface area contributed by atoms with Crippen molar-refractivity contribution < 1.29 is 0 Å². The van der Waals surface area contributed by atoms with Gasteiger partial charge in [0.2, 0.25) is 0 Å². The maximum atomic E-state index is 6.10. The van der Waals surface area contributed by atoms with Crippen molar-refractivity contribution in [1.82, 2.24) is 10.2 Å². The standard InChI is InChI=1S/C15H21N3/c1-12(13-8-4-3-5-9-13)14(15(16)17-2)18-10-6-7-11-18/h3-5,8-9,17H,1,6-7,10-11,16H2,2H3/b15-14+. The van der Waals surface area contributed by atoms with Gasteiger partial charge < -0.3 is 16.0 Å². The number of nitrogens with zero attached hydrogens (tertiary/aromatic N) is 1. The molecule has 1 saturated heterocycles. The van der Waals surface area contributed by atoms with Crippen LogP contribution in [-0.4, -0.2) is 25.0 Å². The van der Waals surface area contributed by atoms with Gasteiger partial charge in [0, 0.05) is 25.7 Å². The van der Waals surface area contributed by atoms with Crippen molar-refractivity contribution >= 4 is 5.57 Å². The first kappa shape index (κ1) is 12.6. The minimum atomic E-state index is 0.700. The van der Waals surface area contributed by atoms with Gasteiger partial charge in [0.1, 0.15) is 5.82 Å². The van der Waals surface area contributed by atoms with E-state index in [0.29, 0.717) is 5.82 Å². The minimum Gasteiger partial charge on any atom is -0.384 e. The molecule has 0 saturated carbocycles. The topological polar surface area (TPSA) is 41.3 Å². The molecule has 3 heteroatoms. The van der Waals surface area contributed by atoms with Crippen LogP contribution in [0, 0.1) is 0 Å². The fourth-order valence-corrected chi connectivity index (χ4v) is 2.36. The lowest BCUT2D eigenvalue weighted by Gasteiger charge is -2.25. The minimum absolute atomic E-state index is 0.700. The van der Waals surface area contributed by atoms with E-state index in [1.807, 2.05) is 25.2 Å². The summed E-state index contributed by atoms with van der Waals surface area (Å²) in [5, 5.41) is 3.05. The Bertz CT molecular complexity index is 442. The van der Waals surface area contributed by atoms with Crippen LogP contribution < -0.4 is 11.1 Å². The van der Waals surface area contributed by atoms with Crippen molar-refractivity contribution in [3.05, 3.63) is 54.0 Å². The van der Waals surface area contributed by atoms with Crippen LogP contribution in [0.3, 0.4) is 0 Å². The molecule has 0 amide bonds. The maximum absolute atomic E-state index is 6.10. The molecule has 1 aliphatic rings. The van der Waals surface area contributed by atoms with Gasteiger partial charge in [-0.2, -0.15) is 0 Å². The monoisotopic (exact) mass is 243 g/mol. The van der Waals surface area contributed by atoms with E-state index in [1.54, 1.807) is 0 Å². The van der Waals surface area contributed by atoms with Crippen molar-refractivity contribution in [2.24, 2.45) is 5.73 Å². The van der Waals surface area contributed by atoms with Gasteiger partial charge in [0.25, 0.3) is 0 Å². The molecule has 0 aromatic heterocycles. The molecule has 3 nitrogen and oxygen atoms in total. The van der Waals surface area contributed by atoms with Gasteiger partial charge in [-0.15, -0.1) is 0 Å². The third kappa shape index (κ3) is 2.50. The molecule has 0 spiro atoms. The molecular formula is C15H21N3. The molecule has 1 aromatic rings. The zero-order valence-electron chi connectivity index (χ0n) is 10.9. The van der Waals surface area contributed by atoms with E-state index in [0.717, 1.165) is 29.9 Å². The number of rotatable bonds is 4. The van der Waals surface area contributed by atoms with E-state index in [9.17, 15) is 0 Å². The summed E-state index contributed by atoms with van der Waals surface area (Å²) in [7, 11) is 1.85. The summed E-state index contributed by atoms with van der Waals surface area (Å²) in [6, 6.07) is 10.2. The summed E-state index contributed by atoms with van der Waals surface area (Å²) in [5.41, 5.74) is 9.26. The maximum Gasteiger partial charge on any atom is 0.120 e. The fourth-order valence-electron chi connectivity index (χ4n) is 2.36. The van der Waals surface area contributed by atoms with Gasteiger partial charge in [-0.25, -0.2) is 0 Å². The third-order valence-corrected chi connectivity index (χ3v) is 3.35. The van der Waals surface area contributed by atoms with Crippen LogP contribution in [0.2, 0.25) is 0 Å². The predicted octanol–water partition coefficient (Wildman–Crippen LogP) is 2.14. The lowest BCUT2D eigenvalue weighted by molar-refractivity contribution is 0.435. The zero-order chi connectivity index (χ0) is 13.0. The van der Waals surface area contributed by atoms with Gasteiger partial charge in [0.15, 0.2) is 0 Å². The molecule has 1 heterocycles. The highest BCUT2D eigenvalue weighted by Gasteiger charge is 2.20. The number of nitrogens with one attached hydrogen (secondary N) is 1. The predicted molar refractivity (Wildman–Crippen MR) is 76.6 cm³/mol. The molecule has 0 unspecified atom stereocenters. The van der Waals surface area contributed by atoms with Crippen LogP contribution in [0.4, 0.5) is 0 Å². The molecule has 0 aliphatic carbocycles. The number of hydrogen-bond donors (Lipinski definition) is 2. The normalized spacial score (nSPS) is 16.4. The fraction of sp³-hybridized carbons (Fsp3) is 0.333. The molecule has 18 heavy (non-hydrogen) atoms. The number of likely N-dealkylation sites (tertiary alicyclic amines) is 1. The smallest absolute Gasteiger partial charge is 0.120 e. The molecule has 96 valence electrons. The summed E-state index contributed by atoms with van der Waals surface area (Å²) in [5.74, 6) is 0.700. The van der Waals surface area contributed by atoms with Crippen molar-refractivity contribution in [2.45, 2.75) is 12.8 Å². The Hall–Kier alpha value is -1.90. The summed E-state index contributed by atoms with van der Waals surface area (Å²) in [6.07, 6.45) is 2.45. The Balaban J connectivity index is 2.33. The molecule has 0 bridgehead atoms. The van der Waals surface area contributed by atoms with Gasteiger partial charge in [-0.05, 0) is 18.4 Å². The molecule has 2 rings (SSSR count). The quantitative estimate of drug-likeness (QED) is 0.796. The van der Waals surface area contributed by atoms with Crippen LogP contribution >= 0.6 is 0 Å². The second-order valence-corrected chi connectivity index (χ2v) is 4.55. The Morgan fingerprint density at radius 2 is 1.83 bits per heavy atom. The van der Waals surface area contributed by atoms with E-state index in [1.165, 1.54) is 12.8 Å². The van der Waals surface area contributed by atoms with Gasteiger partial charge >= 0.3 is 0 Å². The number of allylic oxidation sites excluding steroid dienone is 1. The second kappa shape index (κ2) is 5.63. The van der Waals surface area contributed by atoms with Crippen LogP contribution in [0.25, 0.3) is 5.57 Å². The summed E-state index contributed by atoms with van der Waals surface area (Å²) < 4.78 is 0. The molecular weight excluding hydrogens is 222 g/mol. The summed E-state index contributed by atoms with van der Waals surface area (Å²) in [4.78, 5) is 2.32. The zero-order valence-corrected chi connectivity index (χ0v) is 10.9. The summed E-state index contributed by atoms with van der Waals surface area (Å²) >= 11 is 0. The average Bonchev–Trinajstić information content (AvgIpc) is 2.93. The molecule has 3 N–H and O–H groups in total. The van der Waals surface area contributed by atoms with Gasteiger partial charge in [-0.1, -0.05) is 36.9 Å². The van der Waals surface area contributed by atoms with E-state index >= 15 is 0 Å². The Morgan fingerprint density at radius 1 is 1.22 bits per heavy atom. The van der Waals surface area contributed by atoms with Gasteiger partial charge in [-0.3, -0.25) is 0 Å². The van der Waals surface area contributed by atoms with Crippen molar-refractivity contribution in [1.29, 1.82) is 0 Å². The van der Waals surface area contributed by atoms with Crippen LogP contribution in [0.15, 0.2) is 48.4 Å². The summed E-state index contributed by atoms with van der Waals surface area (Å²) in [6.45, 7) is 6.34. The second-order valence-electron chi connectivity index (χ2n) is 4.55. The van der Waals surface area contributed by atoms with E-state index in [4.69, 9.17) is 5.73 Å². The lowest BCUT2D eigenvalue weighted by Crippen LogP contribution is -2.28. The number of hydrogen-bond acceptors (Lipinski definition) is 3. The van der Waals surface area contributed by atoms with E-state index < -0.39 is 0 Å². The molecule has 1 aromatic carbocycles. The largest absolute Gasteiger partial charge is 0.384 e. The Labute approximate surface area is 109 Å². The van der Waals surface area contributed by atoms with Gasteiger partial charge in [0.05, 0.1) is 5.70 Å². The molecule has 0 atom stereocenters. The first-order valence-corrected chi connectivity index (χ1v) is 6.41. The molecule has 1 fully saturated rings. The number of benzene rings is 1. The van der Waals surface area contributed by atoms with E-state index in [2.05, 4.69) is 28.9 Å². The molecule has 1 aliphatic heterocycles. The number of nitrogens with two attached hydrogens (primary N) is 1. The van der Waals surface area contributed by atoms with Crippen LogP contribution in [0.5, 0.6) is 0 Å². The highest BCUT2D eigenvalue weighted by Crippen LogP contribution is 2.27. The SMILES string of the molecule is C=C(/C(=C(/N)NC)N1CCCC1)c1ccccc1. The first-order valence-electron chi connectivity index (χ1n) is 6.41. The average molecular weight is 243 g/mol. The van der Waals surface area contributed by atoms with Crippen LogP contribution in [0.1, 0.15) is 18.4 Å². The first-order chi connectivity index (χ1) is 8.74. The Kier molecular flexibility index (Phi) is 3.92. The lowest BCUT2D eigenvalue weighted by atomic mass is 10.0. The third-order valence-electron chi connectivity index (χ3n) is 3.35. The van der Waals surface area contributed by atoms with E-state index in [-0.39, 0.29) is 0 Å². The Morgan fingerprint density at radius 3 is 2.39 bits per heavy atom. The molecule has 0 radical (unpaired) electrons. The van der Waals surface area contributed by atoms with Crippen molar-refractivity contribution in [3.8, 4) is 0 Å². The van der Waals surface area contributed by atoms with Crippen molar-refractivity contribution in [3.63, 3.8) is 0 Å². The highest BCUT2D eigenvalue weighted by molar-refractivity contribution is 5.77. The van der Waals surface area contributed by atoms with Crippen molar-refractivity contribution in [2.75, 3.05) is 20.1 Å². The highest BCUT2D eigenvalue weighted by atomic mass is 15.2. The van der Waals surface area contributed by atoms with Crippen LogP contribution in [-0.2, 0) is 0 Å².